The van der Waals surface area contributed by atoms with Crippen LogP contribution in [0.5, 0.6) is 0 Å². The molecule has 0 bridgehead atoms. The Bertz CT molecular complexity index is 1200. The normalized spacial score (nSPS) is 47.2. The van der Waals surface area contributed by atoms with E-state index >= 15 is 0 Å². The van der Waals surface area contributed by atoms with E-state index in [2.05, 4.69) is 10.6 Å². The summed E-state index contributed by atoms with van der Waals surface area (Å²) in [6.07, 6.45) is -6.15. The molecule has 3 aliphatic heterocycles. The van der Waals surface area contributed by atoms with Crippen LogP contribution in [0.3, 0.4) is 0 Å². The number of carbonyl (C=O) groups is 1. The van der Waals surface area contributed by atoms with Crippen molar-refractivity contribution in [3.63, 3.8) is 0 Å². The molecule has 324 valence electrons. The largest absolute Gasteiger partial charge is 0.459 e. The maximum Gasteiger partial charge on any atom is 0.311 e. The molecule has 0 radical (unpaired) electrons. The van der Waals surface area contributed by atoms with E-state index in [1.54, 1.807) is 34.6 Å². The average molecular weight is 792 g/mol. The number of hydrogen-bond acceptors (Lipinski definition) is 15. The lowest BCUT2D eigenvalue weighted by atomic mass is 9.75. The molecule has 15 heteroatoms. The van der Waals surface area contributed by atoms with E-state index in [0.717, 1.165) is 6.42 Å². The van der Waals surface area contributed by atoms with Gasteiger partial charge in [0.15, 0.2) is 12.6 Å². The number of likely N-dealkylation sites (N-methyl/N-ethyl adjacent to an activating group) is 1. The van der Waals surface area contributed by atoms with E-state index in [0.29, 0.717) is 25.9 Å². The van der Waals surface area contributed by atoms with Crippen LogP contribution in [0, 0.1) is 11.8 Å². The Morgan fingerprint density at radius 1 is 1.00 bits per heavy atom. The van der Waals surface area contributed by atoms with Gasteiger partial charge in [0.05, 0.1) is 35.9 Å². The lowest BCUT2D eigenvalue weighted by Crippen LogP contribution is -2.70. The predicted octanol–water partition coefficient (Wildman–Crippen LogP) is 1.68. The summed E-state index contributed by atoms with van der Waals surface area (Å²) in [6, 6.07) is -0.855. The zero-order valence-corrected chi connectivity index (χ0v) is 35.9. The van der Waals surface area contributed by atoms with Gasteiger partial charge in [-0.3, -0.25) is 4.79 Å². The van der Waals surface area contributed by atoms with Gasteiger partial charge in [-0.1, -0.05) is 20.8 Å². The number of esters is 1. The topological polar surface area (TPSA) is 201 Å². The SMILES string of the molecule is CCCNC[C@]1(O)[C@H](C)O[C@@H](O[C@H]2[C@H](C)[C@@H](O[C@@H]3O[C@H](C)C[C@H](N(C)C)[C@H]3O)[C@](C)(O)CCCN[C@H](C)[C@@H](O)[C@](C)(O)[C@@H](CC)OC(=O)[C@@H]2C)C[C@@]1(C)OC. The van der Waals surface area contributed by atoms with Crippen LogP contribution in [-0.2, 0) is 33.2 Å². The van der Waals surface area contributed by atoms with Crippen molar-refractivity contribution in [2.24, 2.45) is 11.8 Å². The summed E-state index contributed by atoms with van der Waals surface area (Å²) in [7, 11) is 5.30. The van der Waals surface area contributed by atoms with Gasteiger partial charge in [-0.25, -0.2) is 0 Å². The Morgan fingerprint density at radius 2 is 1.65 bits per heavy atom. The third-order valence-corrected chi connectivity index (χ3v) is 12.8. The molecule has 3 rings (SSSR count). The van der Waals surface area contributed by atoms with Crippen molar-refractivity contribution in [2.45, 2.75) is 198 Å². The molecule has 3 heterocycles. The molecule has 15 nitrogen and oxygen atoms in total. The van der Waals surface area contributed by atoms with E-state index < -0.39 is 95.5 Å². The van der Waals surface area contributed by atoms with Crippen molar-refractivity contribution in [3.05, 3.63) is 0 Å². The van der Waals surface area contributed by atoms with Crippen molar-refractivity contribution in [1.29, 1.82) is 0 Å². The van der Waals surface area contributed by atoms with Crippen LogP contribution in [0.15, 0.2) is 0 Å². The fraction of sp³-hybridized carbons (Fsp3) is 0.975. The Hall–Kier alpha value is -1.05. The Balaban J connectivity index is 2.13. The van der Waals surface area contributed by atoms with Gasteiger partial charge in [0.25, 0.3) is 0 Å². The van der Waals surface area contributed by atoms with Crippen molar-refractivity contribution >= 4 is 5.97 Å². The minimum absolute atomic E-state index is 0.0968. The quantitative estimate of drug-likeness (QED) is 0.118. The number of cyclic esters (lactones) is 1. The lowest BCUT2D eigenvalue weighted by molar-refractivity contribution is -0.336. The van der Waals surface area contributed by atoms with Crippen molar-refractivity contribution in [3.8, 4) is 0 Å². The predicted molar refractivity (Wildman–Crippen MR) is 207 cm³/mol. The molecule has 0 aliphatic carbocycles. The molecular weight excluding hydrogens is 714 g/mol. The number of methoxy groups -OCH3 is 1. The Morgan fingerprint density at radius 3 is 2.24 bits per heavy atom. The molecule has 3 fully saturated rings. The number of nitrogens with one attached hydrogen (secondary N) is 2. The molecule has 17 atom stereocenters. The number of rotatable bonds is 11. The molecule has 0 saturated carbocycles. The van der Waals surface area contributed by atoms with Crippen molar-refractivity contribution in [1.82, 2.24) is 15.5 Å². The fourth-order valence-electron chi connectivity index (χ4n) is 8.84. The van der Waals surface area contributed by atoms with E-state index in [9.17, 15) is 30.3 Å². The molecule has 0 aromatic carbocycles. The second kappa shape index (κ2) is 19.8. The number of hydrogen-bond donors (Lipinski definition) is 7. The van der Waals surface area contributed by atoms with E-state index in [4.69, 9.17) is 28.4 Å². The highest BCUT2D eigenvalue weighted by atomic mass is 16.7. The minimum atomic E-state index is -1.80. The van der Waals surface area contributed by atoms with Gasteiger partial charge in [0.2, 0.25) is 0 Å². The fourth-order valence-corrected chi connectivity index (χ4v) is 8.84. The number of carbonyl (C=O) groups excluding carboxylic acids is 1. The Kier molecular flexibility index (Phi) is 17.4. The van der Waals surface area contributed by atoms with Crippen LogP contribution in [0.1, 0.15) is 108 Å². The molecule has 3 aliphatic rings. The van der Waals surface area contributed by atoms with Crippen LogP contribution < -0.4 is 10.6 Å². The average Bonchev–Trinajstić information content (AvgIpc) is 3.12. The first-order chi connectivity index (χ1) is 25.5. The highest BCUT2D eigenvalue weighted by molar-refractivity contribution is 5.73. The first kappa shape index (κ1) is 48.3. The van der Waals surface area contributed by atoms with E-state index in [-0.39, 0.29) is 38.0 Å². The van der Waals surface area contributed by atoms with Gasteiger partial charge < -0.3 is 69.5 Å². The molecule has 7 N–H and O–H groups in total. The Labute approximate surface area is 330 Å². The van der Waals surface area contributed by atoms with Gasteiger partial charge in [0, 0.05) is 38.1 Å². The highest BCUT2D eigenvalue weighted by Crippen LogP contribution is 2.43. The summed E-state index contributed by atoms with van der Waals surface area (Å²) >= 11 is 0. The summed E-state index contributed by atoms with van der Waals surface area (Å²) in [5.74, 6) is -2.48. The molecular formula is C40H77N3O12. The summed E-state index contributed by atoms with van der Waals surface area (Å²) in [5, 5.41) is 65.3. The van der Waals surface area contributed by atoms with Gasteiger partial charge in [-0.05, 0) is 108 Å². The van der Waals surface area contributed by atoms with Gasteiger partial charge in [-0.2, -0.15) is 0 Å². The maximum atomic E-state index is 14.3. The summed E-state index contributed by atoms with van der Waals surface area (Å²) < 4.78 is 38.1. The van der Waals surface area contributed by atoms with Crippen LogP contribution in [0.25, 0.3) is 0 Å². The van der Waals surface area contributed by atoms with Crippen LogP contribution in [-0.4, -0.2) is 167 Å². The summed E-state index contributed by atoms with van der Waals surface area (Å²) in [6.45, 7) is 18.9. The first-order valence-electron chi connectivity index (χ1n) is 20.5. The lowest BCUT2D eigenvalue weighted by Gasteiger charge is -2.53. The second-order valence-electron chi connectivity index (χ2n) is 17.5. The van der Waals surface area contributed by atoms with E-state index in [1.807, 2.05) is 46.7 Å². The molecule has 55 heavy (non-hydrogen) atoms. The highest BCUT2D eigenvalue weighted by Gasteiger charge is 2.58. The number of aliphatic hydroxyl groups is 5. The third kappa shape index (κ3) is 11.0. The van der Waals surface area contributed by atoms with E-state index in [1.165, 1.54) is 14.0 Å². The standard InChI is InChI=1S/C40H77N3O12/c1-14-18-41-22-40(49)27(7)52-30(21-38(40,9)50-13)54-32-24(4)34(55-36-31(44)28(43(11)12)20-23(3)51-36)37(8,47)17-16-19-42-26(6)33(45)39(10,48)29(15-2)53-35(46)25(32)5/h23-34,36,41-42,44-45,47-49H,14-22H2,1-13H3/t23-,24+,25-,26-,27+,28+,29-,30+,31-,32+,33-,34-,36+,37-,38-,39-,40+/m1/s1. The molecule has 0 aromatic rings. The van der Waals surface area contributed by atoms with Crippen LogP contribution in [0.2, 0.25) is 0 Å². The minimum Gasteiger partial charge on any atom is -0.459 e. The maximum absolute atomic E-state index is 14.3. The molecule has 3 saturated heterocycles. The smallest absolute Gasteiger partial charge is 0.311 e. The number of nitrogens with zero attached hydrogens (tertiary/aromatic N) is 1. The number of aliphatic hydroxyl groups excluding tert-OH is 2. The zero-order valence-electron chi connectivity index (χ0n) is 35.9. The molecule has 0 amide bonds. The third-order valence-electron chi connectivity index (χ3n) is 12.8. The summed E-state index contributed by atoms with van der Waals surface area (Å²) in [5.41, 5.74) is -5.91. The van der Waals surface area contributed by atoms with Gasteiger partial charge in [-0.15, -0.1) is 0 Å². The molecule has 0 unspecified atom stereocenters. The summed E-state index contributed by atoms with van der Waals surface area (Å²) in [4.78, 5) is 16.2. The van der Waals surface area contributed by atoms with Gasteiger partial charge >= 0.3 is 5.97 Å². The number of ether oxygens (including phenoxy) is 6. The van der Waals surface area contributed by atoms with Crippen molar-refractivity contribution in [2.75, 3.05) is 40.8 Å². The van der Waals surface area contributed by atoms with Crippen LogP contribution in [0.4, 0.5) is 0 Å². The second-order valence-corrected chi connectivity index (χ2v) is 17.5. The zero-order chi connectivity index (χ0) is 41.7. The molecule has 0 aromatic heterocycles. The first-order valence-corrected chi connectivity index (χ1v) is 20.5. The monoisotopic (exact) mass is 792 g/mol. The molecule has 0 spiro atoms. The van der Waals surface area contributed by atoms with Gasteiger partial charge in [0.1, 0.15) is 35.1 Å². The van der Waals surface area contributed by atoms with Crippen LogP contribution >= 0.6 is 0 Å². The van der Waals surface area contributed by atoms with Crippen molar-refractivity contribution < 1.29 is 58.7 Å².